The fraction of sp³-hybridized carbons (Fsp3) is 1.00. The van der Waals surface area contributed by atoms with Gasteiger partial charge in [0.2, 0.25) is 0 Å². The van der Waals surface area contributed by atoms with Crippen molar-refractivity contribution >= 4 is 0 Å². The van der Waals surface area contributed by atoms with E-state index >= 15 is 0 Å². The Morgan fingerprint density at radius 2 is 1.55 bits per heavy atom. The van der Waals surface area contributed by atoms with E-state index in [1.807, 2.05) is 0 Å². The molecule has 0 unspecified atom stereocenters. The van der Waals surface area contributed by atoms with Crippen molar-refractivity contribution in [3.63, 3.8) is 0 Å². The lowest BCUT2D eigenvalue weighted by atomic mass is 10.1. The second-order valence-corrected chi connectivity index (χ2v) is 5.23. The number of unbranched alkanes of at least 4 members (excludes halogenated alkanes) is 5. The molecular formula is C15H30O5. The number of aliphatic hydroxyl groups excluding tert-OH is 1. The van der Waals surface area contributed by atoms with Gasteiger partial charge in [0.25, 0.3) is 0 Å². The fourth-order valence-electron chi connectivity index (χ4n) is 2.17. The van der Waals surface area contributed by atoms with Gasteiger partial charge in [0.05, 0.1) is 25.9 Å². The molecule has 1 aliphatic heterocycles. The molecule has 1 saturated heterocycles. The first-order valence-electron chi connectivity index (χ1n) is 7.79. The van der Waals surface area contributed by atoms with Crippen molar-refractivity contribution in [2.45, 2.75) is 57.2 Å². The van der Waals surface area contributed by atoms with Crippen molar-refractivity contribution in [1.82, 2.24) is 0 Å². The van der Waals surface area contributed by atoms with Crippen LogP contribution >= 0.6 is 0 Å². The van der Waals surface area contributed by atoms with E-state index in [1.54, 1.807) is 7.11 Å². The minimum absolute atomic E-state index is 0.137. The second kappa shape index (κ2) is 12.5. The third-order valence-corrected chi connectivity index (χ3v) is 3.49. The summed E-state index contributed by atoms with van der Waals surface area (Å²) in [6.45, 7) is 2.55. The quantitative estimate of drug-likeness (QED) is 0.284. The number of rotatable bonds is 15. The number of methoxy groups -OCH3 is 1. The standard InChI is InChI=1S/C15H30O5/c1-17-10-11-19-13-18-9-7-5-3-2-4-6-8-14-15(12-16)20-14/h14-16H,2-13H2,1H3/t14-,15-/m0/s1. The van der Waals surface area contributed by atoms with Gasteiger partial charge in [-0.25, -0.2) is 0 Å². The van der Waals surface area contributed by atoms with E-state index in [-0.39, 0.29) is 12.7 Å². The first-order valence-corrected chi connectivity index (χ1v) is 7.79. The molecule has 0 aliphatic carbocycles. The van der Waals surface area contributed by atoms with Crippen molar-refractivity contribution in [2.75, 3.05) is 40.3 Å². The van der Waals surface area contributed by atoms with E-state index in [0.717, 1.165) is 19.4 Å². The molecule has 1 fully saturated rings. The van der Waals surface area contributed by atoms with E-state index < -0.39 is 0 Å². The molecule has 2 atom stereocenters. The first kappa shape index (κ1) is 17.9. The molecule has 0 radical (unpaired) electrons. The number of hydrogen-bond donors (Lipinski definition) is 1. The average molecular weight is 290 g/mol. The highest BCUT2D eigenvalue weighted by Gasteiger charge is 2.36. The monoisotopic (exact) mass is 290 g/mol. The zero-order valence-electron chi connectivity index (χ0n) is 12.7. The summed E-state index contributed by atoms with van der Waals surface area (Å²) in [6, 6.07) is 0. The van der Waals surface area contributed by atoms with Gasteiger partial charge in [-0.3, -0.25) is 0 Å². The normalized spacial score (nSPS) is 21.3. The first-order chi connectivity index (χ1) is 9.88. The molecular weight excluding hydrogens is 260 g/mol. The van der Waals surface area contributed by atoms with Crippen LogP contribution < -0.4 is 0 Å². The van der Waals surface area contributed by atoms with Gasteiger partial charge < -0.3 is 24.1 Å². The van der Waals surface area contributed by atoms with E-state index in [0.29, 0.717) is 26.1 Å². The van der Waals surface area contributed by atoms with Crippen LogP contribution in [0.5, 0.6) is 0 Å². The fourth-order valence-corrected chi connectivity index (χ4v) is 2.17. The van der Waals surface area contributed by atoms with Gasteiger partial charge in [0.15, 0.2) is 0 Å². The van der Waals surface area contributed by atoms with Crippen molar-refractivity contribution in [2.24, 2.45) is 0 Å². The predicted molar refractivity (Wildman–Crippen MR) is 76.7 cm³/mol. The lowest BCUT2D eigenvalue weighted by molar-refractivity contribution is -0.0664. The van der Waals surface area contributed by atoms with E-state index in [9.17, 15) is 0 Å². The van der Waals surface area contributed by atoms with Gasteiger partial charge in [-0.1, -0.05) is 32.1 Å². The Balaban J connectivity index is 1.65. The van der Waals surface area contributed by atoms with Crippen LogP contribution in [0.15, 0.2) is 0 Å². The molecule has 0 aromatic rings. The second-order valence-electron chi connectivity index (χ2n) is 5.23. The smallest absolute Gasteiger partial charge is 0.146 e. The van der Waals surface area contributed by atoms with Gasteiger partial charge in [-0.2, -0.15) is 0 Å². The van der Waals surface area contributed by atoms with Crippen LogP contribution in [0.4, 0.5) is 0 Å². The summed E-state index contributed by atoms with van der Waals surface area (Å²) in [7, 11) is 1.66. The van der Waals surface area contributed by atoms with Crippen LogP contribution in [-0.2, 0) is 18.9 Å². The highest BCUT2D eigenvalue weighted by Crippen LogP contribution is 2.26. The van der Waals surface area contributed by atoms with Gasteiger partial charge in [0.1, 0.15) is 12.9 Å². The van der Waals surface area contributed by atoms with Crippen LogP contribution in [0.25, 0.3) is 0 Å². The molecule has 5 heteroatoms. The molecule has 120 valence electrons. The molecule has 5 nitrogen and oxygen atoms in total. The Labute approximate surface area is 122 Å². The lowest BCUT2D eigenvalue weighted by Crippen LogP contribution is -2.06. The van der Waals surface area contributed by atoms with Crippen LogP contribution in [-0.4, -0.2) is 57.6 Å². The summed E-state index contributed by atoms with van der Waals surface area (Å²) in [6.07, 6.45) is 8.93. The Bertz CT molecular complexity index is 212. The minimum Gasteiger partial charge on any atom is -0.394 e. The van der Waals surface area contributed by atoms with Crippen LogP contribution in [0.3, 0.4) is 0 Å². The summed E-state index contributed by atoms with van der Waals surface area (Å²) in [4.78, 5) is 0. The summed E-state index contributed by atoms with van der Waals surface area (Å²) >= 11 is 0. The highest BCUT2D eigenvalue weighted by molar-refractivity contribution is 4.83. The average Bonchev–Trinajstić information content (AvgIpc) is 3.22. The number of epoxide rings is 1. The Hall–Kier alpha value is -0.200. The zero-order valence-corrected chi connectivity index (χ0v) is 12.7. The van der Waals surface area contributed by atoms with Crippen molar-refractivity contribution < 1.29 is 24.1 Å². The van der Waals surface area contributed by atoms with Gasteiger partial charge in [0, 0.05) is 13.7 Å². The zero-order chi connectivity index (χ0) is 14.5. The molecule has 1 rings (SSSR count). The van der Waals surface area contributed by atoms with Gasteiger partial charge in [-0.05, 0) is 12.8 Å². The van der Waals surface area contributed by atoms with E-state index in [2.05, 4.69) is 0 Å². The Morgan fingerprint density at radius 3 is 2.25 bits per heavy atom. The van der Waals surface area contributed by atoms with E-state index in [4.69, 9.17) is 24.1 Å². The van der Waals surface area contributed by atoms with Crippen molar-refractivity contribution in [3.8, 4) is 0 Å². The van der Waals surface area contributed by atoms with Crippen LogP contribution in [0.1, 0.15) is 44.9 Å². The third kappa shape index (κ3) is 9.66. The summed E-state index contributed by atoms with van der Waals surface area (Å²) in [5.74, 6) is 0. The minimum atomic E-state index is 0.137. The lowest BCUT2D eigenvalue weighted by Gasteiger charge is -2.05. The third-order valence-electron chi connectivity index (χ3n) is 3.49. The number of hydrogen-bond acceptors (Lipinski definition) is 5. The molecule has 0 aromatic carbocycles. The predicted octanol–water partition coefficient (Wildman–Crippen LogP) is 2.11. The molecule has 20 heavy (non-hydrogen) atoms. The molecule has 0 spiro atoms. The summed E-state index contributed by atoms with van der Waals surface area (Å²) in [5, 5.41) is 8.83. The number of ether oxygens (including phenoxy) is 4. The van der Waals surface area contributed by atoms with Crippen LogP contribution in [0.2, 0.25) is 0 Å². The highest BCUT2D eigenvalue weighted by atomic mass is 16.7. The molecule has 1 heterocycles. The number of aliphatic hydroxyl groups is 1. The Kier molecular flexibility index (Phi) is 11.2. The van der Waals surface area contributed by atoms with Crippen molar-refractivity contribution in [1.29, 1.82) is 0 Å². The molecule has 1 N–H and O–H groups in total. The maximum atomic E-state index is 8.83. The molecule has 0 amide bonds. The topological polar surface area (TPSA) is 60.5 Å². The van der Waals surface area contributed by atoms with Gasteiger partial charge in [-0.15, -0.1) is 0 Å². The summed E-state index contributed by atoms with van der Waals surface area (Å²) in [5.41, 5.74) is 0. The molecule has 0 bridgehead atoms. The maximum absolute atomic E-state index is 8.83. The summed E-state index contributed by atoms with van der Waals surface area (Å²) < 4.78 is 20.7. The SMILES string of the molecule is COCCOCOCCCCCCCC[C@@H]1O[C@H]1CO. The van der Waals surface area contributed by atoms with Gasteiger partial charge >= 0.3 is 0 Å². The maximum Gasteiger partial charge on any atom is 0.146 e. The molecule has 0 aromatic heterocycles. The molecule has 0 saturated carbocycles. The van der Waals surface area contributed by atoms with Crippen LogP contribution in [0, 0.1) is 0 Å². The Morgan fingerprint density at radius 1 is 0.850 bits per heavy atom. The van der Waals surface area contributed by atoms with Crippen molar-refractivity contribution in [3.05, 3.63) is 0 Å². The largest absolute Gasteiger partial charge is 0.394 e. The molecule has 1 aliphatic rings. The van der Waals surface area contributed by atoms with E-state index in [1.165, 1.54) is 32.1 Å².